The number of anilines is 1. The van der Waals surface area contributed by atoms with Gasteiger partial charge >= 0.3 is 0 Å². The van der Waals surface area contributed by atoms with Crippen LogP contribution >= 0.6 is 11.6 Å². The molecule has 0 bridgehead atoms. The zero-order chi connectivity index (χ0) is 14.5. The van der Waals surface area contributed by atoms with Crippen molar-refractivity contribution in [2.75, 3.05) is 12.4 Å². The number of carbonyl (C=O) groups is 1. The highest BCUT2D eigenvalue weighted by Crippen LogP contribution is 2.17. The highest BCUT2D eigenvalue weighted by molar-refractivity contribution is 6.33. The Hall–Kier alpha value is -2.14. The number of hydrogen-bond donors (Lipinski definition) is 2. The van der Waals surface area contributed by atoms with Crippen LogP contribution in [0.1, 0.15) is 29.1 Å². The fourth-order valence-electron chi connectivity index (χ4n) is 1.71. The van der Waals surface area contributed by atoms with E-state index in [2.05, 4.69) is 20.6 Å². The molecule has 0 aliphatic heterocycles. The van der Waals surface area contributed by atoms with Gasteiger partial charge in [-0.1, -0.05) is 17.7 Å². The Bertz CT molecular complexity index is 603. The third-order valence-corrected chi connectivity index (χ3v) is 3.10. The quantitative estimate of drug-likeness (QED) is 0.908. The molecule has 2 rings (SSSR count). The lowest BCUT2D eigenvalue weighted by Crippen LogP contribution is -2.28. The summed E-state index contributed by atoms with van der Waals surface area (Å²) in [5.74, 6) is 0.260. The zero-order valence-corrected chi connectivity index (χ0v) is 12.0. The number of pyridine rings is 2. The average molecular weight is 291 g/mol. The minimum atomic E-state index is -0.328. The molecule has 6 heteroatoms. The lowest BCUT2D eigenvalue weighted by molar-refractivity contribution is 0.0934. The van der Waals surface area contributed by atoms with Gasteiger partial charge in [0.1, 0.15) is 11.5 Å². The SMILES string of the molecule is CNc1ccc(Cl)c(C(=O)NC(C)c2ccccn2)n1. The van der Waals surface area contributed by atoms with Crippen molar-refractivity contribution in [1.82, 2.24) is 15.3 Å². The molecule has 0 saturated carbocycles. The summed E-state index contributed by atoms with van der Waals surface area (Å²) in [6, 6.07) is 8.68. The van der Waals surface area contributed by atoms with Gasteiger partial charge in [-0.25, -0.2) is 4.98 Å². The minimum absolute atomic E-state index is 0.196. The topological polar surface area (TPSA) is 66.9 Å². The normalized spacial score (nSPS) is 11.8. The molecule has 1 amide bonds. The van der Waals surface area contributed by atoms with Gasteiger partial charge in [0.25, 0.3) is 5.91 Å². The van der Waals surface area contributed by atoms with Crippen molar-refractivity contribution in [1.29, 1.82) is 0 Å². The summed E-state index contributed by atoms with van der Waals surface area (Å²) < 4.78 is 0. The van der Waals surface area contributed by atoms with E-state index < -0.39 is 0 Å². The molecule has 104 valence electrons. The number of nitrogens with zero attached hydrogens (tertiary/aromatic N) is 2. The highest BCUT2D eigenvalue weighted by Gasteiger charge is 2.16. The summed E-state index contributed by atoms with van der Waals surface area (Å²) in [7, 11) is 1.73. The van der Waals surface area contributed by atoms with E-state index in [1.165, 1.54) is 0 Å². The van der Waals surface area contributed by atoms with Crippen molar-refractivity contribution < 1.29 is 4.79 Å². The predicted octanol–water partition coefficient (Wildman–Crippen LogP) is 2.66. The van der Waals surface area contributed by atoms with E-state index in [-0.39, 0.29) is 17.6 Å². The second-order valence-corrected chi connectivity index (χ2v) is 4.63. The number of rotatable bonds is 4. The Kier molecular flexibility index (Phi) is 4.53. The molecule has 0 spiro atoms. The van der Waals surface area contributed by atoms with Crippen LogP contribution in [0.5, 0.6) is 0 Å². The van der Waals surface area contributed by atoms with Crippen molar-refractivity contribution in [3.05, 3.63) is 52.9 Å². The fourth-order valence-corrected chi connectivity index (χ4v) is 1.90. The number of aromatic nitrogens is 2. The monoisotopic (exact) mass is 290 g/mol. The molecular formula is C14H15ClN4O. The van der Waals surface area contributed by atoms with Gasteiger partial charge in [0.2, 0.25) is 0 Å². The van der Waals surface area contributed by atoms with Gasteiger partial charge in [-0.15, -0.1) is 0 Å². The summed E-state index contributed by atoms with van der Waals surface area (Å²) in [4.78, 5) is 20.6. The molecule has 0 radical (unpaired) electrons. The Balaban J connectivity index is 2.16. The molecule has 0 saturated heterocycles. The third-order valence-electron chi connectivity index (χ3n) is 2.80. The number of hydrogen-bond acceptors (Lipinski definition) is 4. The first-order valence-corrected chi connectivity index (χ1v) is 6.55. The number of amides is 1. The van der Waals surface area contributed by atoms with Gasteiger partial charge in [0.15, 0.2) is 0 Å². The summed E-state index contributed by atoms with van der Waals surface area (Å²) in [6.45, 7) is 1.86. The van der Waals surface area contributed by atoms with Crippen LogP contribution in [-0.4, -0.2) is 22.9 Å². The van der Waals surface area contributed by atoms with Gasteiger partial charge in [0, 0.05) is 13.2 Å². The second-order valence-electron chi connectivity index (χ2n) is 4.23. The predicted molar refractivity (Wildman–Crippen MR) is 78.9 cm³/mol. The van der Waals surface area contributed by atoms with Crippen LogP contribution in [-0.2, 0) is 0 Å². The first kappa shape index (κ1) is 14.3. The molecule has 5 nitrogen and oxygen atoms in total. The van der Waals surface area contributed by atoms with Gasteiger partial charge in [-0.3, -0.25) is 9.78 Å². The van der Waals surface area contributed by atoms with Crippen LogP contribution in [0.4, 0.5) is 5.82 Å². The number of halogens is 1. The van der Waals surface area contributed by atoms with Crippen molar-refractivity contribution in [2.45, 2.75) is 13.0 Å². The van der Waals surface area contributed by atoms with Gasteiger partial charge in [-0.05, 0) is 31.2 Å². The summed E-state index contributed by atoms with van der Waals surface area (Å²) in [5, 5.41) is 6.02. The Morgan fingerprint density at radius 3 is 2.75 bits per heavy atom. The molecule has 1 atom stereocenters. The molecule has 2 aromatic heterocycles. The van der Waals surface area contributed by atoms with Crippen LogP contribution < -0.4 is 10.6 Å². The molecule has 0 aromatic carbocycles. The number of carbonyl (C=O) groups excluding carboxylic acids is 1. The molecule has 1 unspecified atom stereocenters. The lowest BCUT2D eigenvalue weighted by atomic mass is 10.2. The van der Waals surface area contributed by atoms with Crippen LogP contribution in [0.25, 0.3) is 0 Å². The van der Waals surface area contributed by atoms with Crippen molar-refractivity contribution in [3.63, 3.8) is 0 Å². The first-order valence-electron chi connectivity index (χ1n) is 6.18. The molecule has 0 fully saturated rings. The molecule has 0 aliphatic rings. The van der Waals surface area contributed by atoms with Crippen LogP contribution in [0, 0.1) is 0 Å². The summed E-state index contributed by atoms with van der Waals surface area (Å²) in [5.41, 5.74) is 0.975. The Morgan fingerprint density at radius 1 is 1.30 bits per heavy atom. The highest BCUT2D eigenvalue weighted by atomic mass is 35.5. The molecular weight excluding hydrogens is 276 g/mol. The van der Waals surface area contributed by atoms with Crippen LogP contribution in [0.2, 0.25) is 5.02 Å². The van der Waals surface area contributed by atoms with E-state index in [0.29, 0.717) is 10.8 Å². The van der Waals surface area contributed by atoms with E-state index in [1.54, 1.807) is 25.4 Å². The molecule has 2 heterocycles. The smallest absolute Gasteiger partial charge is 0.272 e. The van der Waals surface area contributed by atoms with Crippen molar-refractivity contribution in [3.8, 4) is 0 Å². The van der Waals surface area contributed by atoms with E-state index in [4.69, 9.17) is 11.6 Å². The van der Waals surface area contributed by atoms with Crippen molar-refractivity contribution >= 4 is 23.3 Å². The van der Waals surface area contributed by atoms with Crippen LogP contribution in [0.15, 0.2) is 36.5 Å². The van der Waals surface area contributed by atoms with E-state index in [0.717, 1.165) is 5.69 Å². The van der Waals surface area contributed by atoms with E-state index >= 15 is 0 Å². The maximum Gasteiger partial charge on any atom is 0.272 e. The molecule has 2 aromatic rings. The maximum atomic E-state index is 12.2. The third kappa shape index (κ3) is 3.24. The molecule has 0 aliphatic carbocycles. The second kappa shape index (κ2) is 6.34. The van der Waals surface area contributed by atoms with Gasteiger partial charge < -0.3 is 10.6 Å². The van der Waals surface area contributed by atoms with Gasteiger partial charge in [0.05, 0.1) is 16.8 Å². The van der Waals surface area contributed by atoms with E-state index in [1.807, 2.05) is 25.1 Å². The largest absolute Gasteiger partial charge is 0.373 e. The summed E-state index contributed by atoms with van der Waals surface area (Å²) in [6.07, 6.45) is 1.69. The Labute approximate surface area is 122 Å². The van der Waals surface area contributed by atoms with Crippen LogP contribution in [0.3, 0.4) is 0 Å². The first-order chi connectivity index (χ1) is 9.61. The maximum absolute atomic E-state index is 12.2. The zero-order valence-electron chi connectivity index (χ0n) is 11.2. The standard InChI is InChI=1S/C14H15ClN4O/c1-9(11-5-3-4-8-17-11)18-14(20)13-10(15)6-7-12(16-2)19-13/h3-9H,1-2H3,(H,16,19)(H,18,20). The Morgan fingerprint density at radius 2 is 2.10 bits per heavy atom. The van der Waals surface area contributed by atoms with E-state index in [9.17, 15) is 4.79 Å². The number of nitrogens with one attached hydrogen (secondary N) is 2. The molecule has 2 N–H and O–H groups in total. The van der Waals surface area contributed by atoms with Gasteiger partial charge in [-0.2, -0.15) is 0 Å². The average Bonchev–Trinajstić information content (AvgIpc) is 2.48. The lowest BCUT2D eigenvalue weighted by Gasteiger charge is -2.14. The fraction of sp³-hybridized carbons (Fsp3) is 0.214. The summed E-state index contributed by atoms with van der Waals surface area (Å²) >= 11 is 6.01. The van der Waals surface area contributed by atoms with Crippen molar-refractivity contribution in [2.24, 2.45) is 0 Å². The molecule has 20 heavy (non-hydrogen) atoms. The minimum Gasteiger partial charge on any atom is -0.373 e.